The Hall–Kier alpha value is -2.93. The van der Waals surface area contributed by atoms with Gasteiger partial charge < -0.3 is 15.2 Å². The zero-order valence-corrected chi connectivity index (χ0v) is 14.2. The smallest absolute Gasteiger partial charge is 0.258 e. The third-order valence-electron chi connectivity index (χ3n) is 4.71. The molecule has 4 rings (SSSR count). The number of carbonyl (C=O) groups is 1. The number of H-pyrrole nitrogens is 1. The van der Waals surface area contributed by atoms with Crippen LogP contribution in [0.4, 0.5) is 5.82 Å². The van der Waals surface area contributed by atoms with E-state index in [4.69, 9.17) is 0 Å². The standard InChI is InChI=1S/C18H20N6O/c1-11-6-15(12(2)24(11)14-4-3-5-19-9-14)18(25)22-17-16(10-21-23-17)13-7-20-8-13/h3-6,9-10,13,20H,7-8H2,1-2H3,(H2,21,22,23,25). The van der Waals surface area contributed by atoms with Crippen molar-refractivity contribution in [3.8, 4) is 5.69 Å². The predicted molar refractivity (Wildman–Crippen MR) is 95.2 cm³/mol. The third-order valence-corrected chi connectivity index (χ3v) is 4.71. The Balaban J connectivity index is 1.62. The molecule has 7 nitrogen and oxygen atoms in total. The lowest BCUT2D eigenvalue weighted by Crippen LogP contribution is -2.40. The lowest BCUT2D eigenvalue weighted by atomic mass is 9.96. The number of aryl methyl sites for hydroxylation is 1. The summed E-state index contributed by atoms with van der Waals surface area (Å²) < 4.78 is 2.03. The summed E-state index contributed by atoms with van der Waals surface area (Å²) in [4.78, 5) is 17.0. The van der Waals surface area contributed by atoms with Gasteiger partial charge in [-0.15, -0.1) is 0 Å². The minimum Gasteiger partial charge on any atom is -0.316 e. The Labute approximate surface area is 145 Å². The maximum Gasteiger partial charge on any atom is 0.258 e. The first-order valence-corrected chi connectivity index (χ1v) is 8.30. The van der Waals surface area contributed by atoms with Crippen LogP contribution in [0.25, 0.3) is 5.69 Å². The van der Waals surface area contributed by atoms with E-state index in [9.17, 15) is 4.79 Å². The summed E-state index contributed by atoms with van der Waals surface area (Å²) in [7, 11) is 0. The van der Waals surface area contributed by atoms with Crippen molar-refractivity contribution in [1.82, 2.24) is 25.1 Å². The number of anilines is 1. The van der Waals surface area contributed by atoms with Gasteiger partial charge in [0.2, 0.25) is 0 Å². The Morgan fingerprint density at radius 2 is 2.16 bits per heavy atom. The number of carbonyl (C=O) groups excluding carboxylic acids is 1. The molecule has 7 heteroatoms. The van der Waals surface area contributed by atoms with E-state index in [1.165, 1.54) is 0 Å². The van der Waals surface area contributed by atoms with E-state index in [-0.39, 0.29) is 5.91 Å². The number of pyridine rings is 1. The minimum absolute atomic E-state index is 0.138. The molecule has 3 aromatic heterocycles. The van der Waals surface area contributed by atoms with Crippen molar-refractivity contribution in [2.75, 3.05) is 18.4 Å². The van der Waals surface area contributed by atoms with Crippen LogP contribution in [-0.4, -0.2) is 38.7 Å². The summed E-state index contributed by atoms with van der Waals surface area (Å²) in [5.74, 6) is 0.945. The van der Waals surface area contributed by atoms with Crippen LogP contribution in [0.5, 0.6) is 0 Å². The highest BCUT2D eigenvalue weighted by Gasteiger charge is 2.25. The molecule has 0 spiro atoms. The topological polar surface area (TPSA) is 87.6 Å². The van der Waals surface area contributed by atoms with Gasteiger partial charge >= 0.3 is 0 Å². The third kappa shape index (κ3) is 2.72. The number of aromatic nitrogens is 4. The van der Waals surface area contributed by atoms with Crippen LogP contribution in [0.15, 0.2) is 36.8 Å². The first-order chi connectivity index (χ1) is 12.1. The van der Waals surface area contributed by atoms with E-state index in [1.54, 1.807) is 18.6 Å². The average Bonchev–Trinajstić information content (AvgIpc) is 3.11. The van der Waals surface area contributed by atoms with Crippen LogP contribution < -0.4 is 10.6 Å². The quantitative estimate of drug-likeness (QED) is 0.681. The Bertz CT molecular complexity index is 907. The first-order valence-electron chi connectivity index (χ1n) is 8.30. The number of hydrogen-bond acceptors (Lipinski definition) is 4. The zero-order chi connectivity index (χ0) is 17.4. The van der Waals surface area contributed by atoms with Crippen molar-refractivity contribution in [3.63, 3.8) is 0 Å². The van der Waals surface area contributed by atoms with Gasteiger partial charge in [-0.05, 0) is 32.0 Å². The predicted octanol–water partition coefficient (Wildman–Crippen LogP) is 2.15. The van der Waals surface area contributed by atoms with Gasteiger partial charge in [0.25, 0.3) is 5.91 Å². The molecule has 1 amide bonds. The van der Waals surface area contributed by atoms with Gasteiger partial charge in [-0.2, -0.15) is 5.10 Å². The Kier molecular flexibility index (Phi) is 3.85. The lowest BCUT2D eigenvalue weighted by Gasteiger charge is -2.26. The maximum atomic E-state index is 12.8. The molecule has 0 aliphatic carbocycles. The van der Waals surface area contributed by atoms with Crippen molar-refractivity contribution >= 4 is 11.7 Å². The SMILES string of the molecule is Cc1cc(C(=O)Nc2[nH]ncc2C2CNC2)c(C)n1-c1cccnc1. The van der Waals surface area contributed by atoms with Gasteiger partial charge in [-0.25, -0.2) is 0 Å². The Morgan fingerprint density at radius 3 is 2.84 bits per heavy atom. The fourth-order valence-electron chi connectivity index (χ4n) is 3.27. The van der Waals surface area contributed by atoms with Crippen molar-refractivity contribution in [2.45, 2.75) is 19.8 Å². The van der Waals surface area contributed by atoms with E-state index in [1.807, 2.05) is 36.6 Å². The molecule has 0 saturated carbocycles. The van der Waals surface area contributed by atoms with Crippen molar-refractivity contribution in [1.29, 1.82) is 0 Å². The van der Waals surface area contributed by atoms with Crippen LogP contribution in [0.1, 0.15) is 33.2 Å². The molecule has 1 aliphatic heterocycles. The summed E-state index contributed by atoms with van der Waals surface area (Å²) in [6.07, 6.45) is 5.32. The molecule has 25 heavy (non-hydrogen) atoms. The van der Waals surface area contributed by atoms with Crippen molar-refractivity contribution in [2.24, 2.45) is 0 Å². The number of amides is 1. The van der Waals surface area contributed by atoms with Gasteiger partial charge in [0, 0.05) is 42.2 Å². The summed E-state index contributed by atoms with van der Waals surface area (Å²) >= 11 is 0. The molecule has 1 saturated heterocycles. The van der Waals surface area contributed by atoms with Gasteiger partial charge in [-0.1, -0.05) is 0 Å². The van der Waals surface area contributed by atoms with Crippen LogP contribution in [0.3, 0.4) is 0 Å². The molecule has 4 heterocycles. The van der Waals surface area contributed by atoms with Gasteiger partial charge in [-0.3, -0.25) is 14.9 Å². The molecule has 0 atom stereocenters. The fourth-order valence-corrected chi connectivity index (χ4v) is 3.27. The monoisotopic (exact) mass is 336 g/mol. The number of rotatable bonds is 4. The van der Waals surface area contributed by atoms with Gasteiger partial charge in [0.15, 0.2) is 0 Å². The molecule has 1 fully saturated rings. The summed E-state index contributed by atoms with van der Waals surface area (Å²) in [5, 5.41) is 13.2. The molecule has 3 N–H and O–H groups in total. The first kappa shape index (κ1) is 15.6. The average molecular weight is 336 g/mol. The van der Waals surface area contributed by atoms with E-state index in [0.717, 1.165) is 35.7 Å². The van der Waals surface area contributed by atoms with Crippen LogP contribution in [-0.2, 0) is 0 Å². The Morgan fingerprint density at radius 1 is 1.32 bits per heavy atom. The number of aromatic amines is 1. The van der Waals surface area contributed by atoms with Crippen molar-refractivity contribution < 1.29 is 4.79 Å². The minimum atomic E-state index is -0.138. The number of hydrogen-bond donors (Lipinski definition) is 3. The molecule has 128 valence electrons. The molecule has 3 aromatic rings. The van der Waals surface area contributed by atoms with Crippen LogP contribution >= 0.6 is 0 Å². The second-order valence-corrected chi connectivity index (χ2v) is 6.34. The van der Waals surface area contributed by atoms with Gasteiger partial charge in [0.05, 0.1) is 23.6 Å². The second-order valence-electron chi connectivity index (χ2n) is 6.34. The molecule has 0 radical (unpaired) electrons. The maximum absolute atomic E-state index is 12.8. The van der Waals surface area contributed by atoms with E-state index >= 15 is 0 Å². The van der Waals surface area contributed by atoms with Crippen LogP contribution in [0, 0.1) is 13.8 Å². The highest BCUT2D eigenvalue weighted by Crippen LogP contribution is 2.27. The number of nitrogens with one attached hydrogen (secondary N) is 3. The molecular weight excluding hydrogens is 316 g/mol. The summed E-state index contributed by atoms with van der Waals surface area (Å²) in [6, 6.07) is 5.77. The summed E-state index contributed by atoms with van der Waals surface area (Å²) in [6.45, 7) is 5.76. The number of nitrogens with zero attached hydrogens (tertiary/aromatic N) is 3. The largest absolute Gasteiger partial charge is 0.316 e. The van der Waals surface area contributed by atoms with Crippen LogP contribution in [0.2, 0.25) is 0 Å². The highest BCUT2D eigenvalue weighted by atomic mass is 16.1. The molecule has 0 bridgehead atoms. The molecule has 1 aliphatic rings. The zero-order valence-electron chi connectivity index (χ0n) is 14.2. The van der Waals surface area contributed by atoms with Gasteiger partial charge in [0.1, 0.15) is 5.82 Å². The highest BCUT2D eigenvalue weighted by molar-refractivity contribution is 6.05. The fraction of sp³-hybridized carbons (Fsp3) is 0.278. The summed E-state index contributed by atoms with van der Waals surface area (Å²) in [5.41, 5.74) is 4.51. The van der Waals surface area contributed by atoms with E-state index < -0.39 is 0 Å². The molecule has 0 aromatic carbocycles. The second kappa shape index (κ2) is 6.18. The normalized spacial score (nSPS) is 14.3. The van der Waals surface area contributed by atoms with Crippen molar-refractivity contribution in [3.05, 3.63) is 59.3 Å². The lowest BCUT2D eigenvalue weighted by molar-refractivity contribution is 0.102. The molecular formula is C18H20N6O. The molecule has 0 unspecified atom stereocenters. The van der Waals surface area contributed by atoms with E-state index in [0.29, 0.717) is 17.3 Å². The van der Waals surface area contributed by atoms with E-state index in [2.05, 4.69) is 25.8 Å².